The van der Waals surface area contributed by atoms with Gasteiger partial charge in [0.25, 0.3) is 0 Å². The average molecular weight is 294 g/mol. The number of halogens is 1. The summed E-state index contributed by atoms with van der Waals surface area (Å²) < 4.78 is 10.1. The van der Waals surface area contributed by atoms with Crippen molar-refractivity contribution >= 4 is 27.8 Å². The highest BCUT2D eigenvalue weighted by Gasteiger charge is 2.21. The van der Waals surface area contributed by atoms with E-state index in [9.17, 15) is 9.59 Å². The number of rotatable bonds is 7. The number of carbonyl (C=O) groups excluding carboxylic acids is 2. The van der Waals surface area contributed by atoms with Crippen LogP contribution in [0.15, 0.2) is 11.1 Å². The zero-order chi connectivity index (χ0) is 12.6. The molecule has 0 bridgehead atoms. The Morgan fingerprint density at radius 1 is 1.50 bits per heavy atom. The van der Waals surface area contributed by atoms with Gasteiger partial charge in [-0.1, -0.05) is 22.5 Å². The van der Waals surface area contributed by atoms with Crippen molar-refractivity contribution in [1.29, 1.82) is 0 Å². The fraction of sp³-hybridized carbons (Fsp3) is 0.600. The largest absolute Gasteiger partial charge is 0.467 e. The zero-order valence-corrected chi connectivity index (χ0v) is 11.0. The van der Waals surface area contributed by atoms with Crippen LogP contribution in [0.1, 0.15) is 13.3 Å². The van der Waals surface area contributed by atoms with Crippen LogP contribution in [-0.2, 0) is 19.1 Å². The van der Waals surface area contributed by atoms with Gasteiger partial charge in [0.2, 0.25) is 5.91 Å². The number of amides is 1. The maximum absolute atomic E-state index is 11.3. The maximum Gasteiger partial charge on any atom is 0.328 e. The van der Waals surface area contributed by atoms with Crippen LogP contribution in [0.5, 0.6) is 0 Å². The molecule has 1 N–H and O–H groups in total. The van der Waals surface area contributed by atoms with Gasteiger partial charge in [0.15, 0.2) is 0 Å². The lowest BCUT2D eigenvalue weighted by Crippen LogP contribution is -2.43. The second kappa shape index (κ2) is 8.29. The van der Waals surface area contributed by atoms with Crippen LogP contribution in [0.4, 0.5) is 0 Å². The Bertz CT molecular complexity index is 268. The third-order valence-electron chi connectivity index (χ3n) is 1.68. The Morgan fingerprint density at radius 3 is 2.56 bits per heavy atom. The number of carbonyl (C=O) groups is 2. The van der Waals surface area contributed by atoms with E-state index in [1.54, 1.807) is 6.92 Å². The second-order valence-corrected chi connectivity index (χ2v) is 4.12. The molecule has 0 aromatic rings. The van der Waals surface area contributed by atoms with E-state index < -0.39 is 12.0 Å². The van der Waals surface area contributed by atoms with E-state index in [0.717, 1.165) is 0 Å². The minimum atomic E-state index is -0.732. The summed E-state index contributed by atoms with van der Waals surface area (Å²) in [6.45, 7) is 5.77. The highest BCUT2D eigenvalue weighted by Crippen LogP contribution is 2.10. The summed E-state index contributed by atoms with van der Waals surface area (Å²) in [6, 6.07) is -0.732. The fourth-order valence-electron chi connectivity index (χ4n) is 0.988. The highest BCUT2D eigenvalue weighted by atomic mass is 79.9. The first-order valence-electron chi connectivity index (χ1n) is 4.79. The van der Waals surface area contributed by atoms with Gasteiger partial charge in [0.05, 0.1) is 7.11 Å². The topological polar surface area (TPSA) is 64.6 Å². The molecule has 1 atom stereocenters. The Kier molecular flexibility index (Phi) is 7.84. The van der Waals surface area contributed by atoms with Crippen molar-refractivity contribution in [2.45, 2.75) is 19.4 Å². The van der Waals surface area contributed by atoms with Gasteiger partial charge >= 0.3 is 5.97 Å². The molecule has 1 amide bonds. The van der Waals surface area contributed by atoms with Gasteiger partial charge in [0, 0.05) is 13.0 Å². The van der Waals surface area contributed by atoms with Crippen molar-refractivity contribution in [3.63, 3.8) is 0 Å². The molecule has 0 heterocycles. The van der Waals surface area contributed by atoms with E-state index in [-0.39, 0.29) is 18.9 Å². The molecule has 0 aliphatic rings. The molecule has 0 aliphatic heterocycles. The van der Waals surface area contributed by atoms with E-state index >= 15 is 0 Å². The van der Waals surface area contributed by atoms with Gasteiger partial charge in [-0.15, -0.1) is 0 Å². The lowest BCUT2D eigenvalue weighted by molar-refractivity contribution is -0.145. The van der Waals surface area contributed by atoms with Crippen LogP contribution >= 0.6 is 15.9 Å². The SMILES string of the molecule is C=C(Br)C[C@@H](NC(=O)COCC)C(=O)OC. The molecule has 6 heteroatoms. The molecule has 92 valence electrons. The smallest absolute Gasteiger partial charge is 0.328 e. The lowest BCUT2D eigenvalue weighted by Gasteiger charge is -2.15. The van der Waals surface area contributed by atoms with Crippen LogP contribution in [0.2, 0.25) is 0 Å². The van der Waals surface area contributed by atoms with E-state index in [4.69, 9.17) is 4.74 Å². The molecule has 0 rings (SSSR count). The molecule has 0 aromatic carbocycles. The Hall–Kier alpha value is -0.880. The van der Waals surface area contributed by atoms with Crippen LogP contribution < -0.4 is 5.32 Å². The summed E-state index contributed by atoms with van der Waals surface area (Å²) >= 11 is 3.13. The Labute approximate surface area is 103 Å². The number of nitrogens with one attached hydrogen (secondary N) is 1. The highest BCUT2D eigenvalue weighted by molar-refractivity contribution is 9.11. The monoisotopic (exact) mass is 293 g/mol. The number of hydrogen-bond donors (Lipinski definition) is 1. The third-order valence-corrected chi connectivity index (χ3v) is 2.01. The summed E-state index contributed by atoms with van der Waals surface area (Å²) in [4.78, 5) is 22.6. The molecule has 0 saturated carbocycles. The first-order chi connectivity index (χ1) is 7.51. The van der Waals surface area contributed by atoms with Crippen molar-refractivity contribution < 1.29 is 19.1 Å². The summed E-state index contributed by atoms with van der Waals surface area (Å²) in [7, 11) is 1.26. The van der Waals surface area contributed by atoms with Gasteiger partial charge < -0.3 is 14.8 Å². The standard InChI is InChI=1S/C10H16BrNO4/c1-4-16-6-9(13)12-8(5-7(2)11)10(14)15-3/h8H,2,4-6H2,1,3H3,(H,12,13)/t8-/m1/s1. The minimum Gasteiger partial charge on any atom is -0.467 e. The predicted molar refractivity (Wildman–Crippen MR) is 63.1 cm³/mol. The second-order valence-electron chi connectivity index (χ2n) is 3.00. The average Bonchev–Trinajstić information content (AvgIpc) is 2.23. The molecular weight excluding hydrogens is 278 g/mol. The Morgan fingerprint density at radius 2 is 2.12 bits per heavy atom. The lowest BCUT2D eigenvalue weighted by atomic mass is 10.2. The maximum atomic E-state index is 11.3. The summed E-state index contributed by atoms with van der Waals surface area (Å²) in [5.41, 5.74) is 0. The van der Waals surface area contributed by atoms with Gasteiger partial charge in [-0.05, 0) is 11.4 Å². The molecule has 0 aliphatic carbocycles. The van der Waals surface area contributed by atoms with Crippen LogP contribution in [0.25, 0.3) is 0 Å². The number of methoxy groups -OCH3 is 1. The van der Waals surface area contributed by atoms with Gasteiger partial charge in [-0.2, -0.15) is 0 Å². The van der Waals surface area contributed by atoms with Gasteiger partial charge in [-0.25, -0.2) is 4.79 Å². The summed E-state index contributed by atoms with van der Waals surface area (Å²) in [6.07, 6.45) is 0.282. The molecule has 0 unspecified atom stereocenters. The molecular formula is C10H16BrNO4. The van der Waals surface area contributed by atoms with Crippen LogP contribution in [0.3, 0.4) is 0 Å². The minimum absolute atomic E-state index is 0.0707. The quantitative estimate of drug-likeness (QED) is 0.711. The molecule has 0 radical (unpaired) electrons. The first kappa shape index (κ1) is 15.1. The van der Waals surface area contributed by atoms with Crippen LogP contribution in [-0.4, -0.2) is 38.2 Å². The number of ether oxygens (including phenoxy) is 2. The van der Waals surface area contributed by atoms with E-state index in [0.29, 0.717) is 11.1 Å². The first-order valence-corrected chi connectivity index (χ1v) is 5.58. The fourth-order valence-corrected chi connectivity index (χ4v) is 1.31. The molecule has 16 heavy (non-hydrogen) atoms. The van der Waals surface area contributed by atoms with E-state index in [2.05, 4.69) is 32.6 Å². The van der Waals surface area contributed by atoms with Crippen molar-refractivity contribution in [3.8, 4) is 0 Å². The predicted octanol–water partition coefficient (Wildman–Crippen LogP) is 0.979. The molecule has 5 nitrogen and oxygen atoms in total. The summed E-state index contributed by atoms with van der Waals surface area (Å²) in [5, 5.41) is 2.50. The van der Waals surface area contributed by atoms with E-state index in [1.807, 2.05) is 0 Å². The normalized spacial score (nSPS) is 11.7. The third kappa shape index (κ3) is 6.58. The van der Waals surface area contributed by atoms with Crippen molar-refractivity contribution in [1.82, 2.24) is 5.32 Å². The zero-order valence-electron chi connectivity index (χ0n) is 9.42. The van der Waals surface area contributed by atoms with Crippen molar-refractivity contribution in [3.05, 3.63) is 11.1 Å². The Balaban J connectivity index is 4.25. The van der Waals surface area contributed by atoms with Crippen LogP contribution in [0, 0.1) is 0 Å². The molecule has 0 saturated heterocycles. The summed E-state index contributed by atoms with van der Waals surface area (Å²) in [5.74, 6) is -0.864. The number of hydrogen-bond acceptors (Lipinski definition) is 4. The van der Waals surface area contributed by atoms with Gasteiger partial charge in [-0.3, -0.25) is 4.79 Å². The molecule has 0 aromatic heterocycles. The van der Waals surface area contributed by atoms with Gasteiger partial charge in [0.1, 0.15) is 12.6 Å². The van der Waals surface area contributed by atoms with Crippen molar-refractivity contribution in [2.24, 2.45) is 0 Å². The van der Waals surface area contributed by atoms with Crippen molar-refractivity contribution in [2.75, 3.05) is 20.3 Å². The van der Waals surface area contributed by atoms with E-state index in [1.165, 1.54) is 7.11 Å². The molecule has 0 fully saturated rings. The molecule has 0 spiro atoms. The number of esters is 1.